The van der Waals surface area contributed by atoms with Crippen molar-refractivity contribution >= 4 is 29.1 Å². The summed E-state index contributed by atoms with van der Waals surface area (Å²) in [6, 6.07) is 8.79. The molecule has 0 aliphatic carbocycles. The van der Waals surface area contributed by atoms with Gasteiger partial charge in [0.1, 0.15) is 15.8 Å². The zero-order valence-corrected chi connectivity index (χ0v) is 19.3. The number of nitrogens with zero attached hydrogens (tertiary/aromatic N) is 3. The second-order valence-electron chi connectivity index (χ2n) is 7.53. The Hall–Kier alpha value is -2.76. The first-order valence-corrected chi connectivity index (χ1v) is 11.6. The van der Waals surface area contributed by atoms with E-state index in [-0.39, 0.29) is 10.8 Å². The van der Waals surface area contributed by atoms with E-state index in [1.165, 1.54) is 48.4 Å². The lowest BCUT2D eigenvalue weighted by atomic mass is 10.0. The molecule has 34 heavy (non-hydrogen) atoms. The molecule has 4 rings (SSSR count). The Labute approximate surface area is 202 Å². The van der Waals surface area contributed by atoms with E-state index in [2.05, 4.69) is 20.1 Å². The summed E-state index contributed by atoms with van der Waals surface area (Å²) in [5.74, 6) is 0.0577. The summed E-state index contributed by atoms with van der Waals surface area (Å²) in [5, 5.41) is 7.99. The summed E-state index contributed by atoms with van der Waals surface area (Å²) in [5.41, 5.74) is 0.415. The molecule has 1 aliphatic heterocycles. The zero-order valence-electron chi connectivity index (χ0n) is 17.7. The quantitative estimate of drug-likeness (QED) is 0.468. The van der Waals surface area contributed by atoms with E-state index in [4.69, 9.17) is 16.3 Å². The highest BCUT2D eigenvalue weighted by atomic mass is 35.5. The lowest BCUT2D eigenvalue weighted by Gasteiger charge is -2.22. The molecule has 1 fully saturated rings. The minimum absolute atomic E-state index is 0.0337. The molecule has 1 saturated heterocycles. The minimum Gasteiger partial charge on any atom is -0.406 e. The molecule has 0 saturated carbocycles. The predicted molar refractivity (Wildman–Crippen MR) is 122 cm³/mol. The smallest absolute Gasteiger partial charge is 0.406 e. The maximum absolute atomic E-state index is 12.7. The lowest BCUT2D eigenvalue weighted by Crippen LogP contribution is -2.26. The predicted octanol–water partition coefficient (Wildman–Crippen LogP) is 5.17. The molecule has 1 N–H and O–H groups in total. The average molecular weight is 513 g/mol. The van der Waals surface area contributed by atoms with Crippen LogP contribution >= 0.6 is 23.4 Å². The van der Waals surface area contributed by atoms with Crippen LogP contribution in [0.25, 0.3) is 5.69 Å². The van der Waals surface area contributed by atoms with E-state index in [0.717, 1.165) is 24.1 Å². The molecule has 1 unspecified atom stereocenters. The van der Waals surface area contributed by atoms with Gasteiger partial charge in [-0.15, -0.1) is 13.2 Å². The Balaban J connectivity index is 1.41. The molecule has 0 spiro atoms. The van der Waals surface area contributed by atoms with Crippen molar-refractivity contribution in [2.45, 2.75) is 29.1 Å². The molecular formula is C22H20ClF3N4O3S. The van der Waals surface area contributed by atoms with Crippen LogP contribution in [0.2, 0.25) is 5.02 Å². The van der Waals surface area contributed by atoms with Gasteiger partial charge in [0, 0.05) is 18.0 Å². The highest BCUT2D eigenvalue weighted by molar-refractivity contribution is 7.99. The summed E-state index contributed by atoms with van der Waals surface area (Å²) in [6.45, 7) is 2.10. The average Bonchev–Trinajstić information content (AvgIpc) is 2.82. The second-order valence-corrected chi connectivity index (χ2v) is 9.00. The summed E-state index contributed by atoms with van der Waals surface area (Å²) in [7, 11) is 0. The van der Waals surface area contributed by atoms with Gasteiger partial charge in [0.15, 0.2) is 0 Å². The number of alkyl halides is 3. The fraction of sp³-hybridized carbons (Fsp3) is 0.318. The molecular weight excluding hydrogens is 493 g/mol. The van der Waals surface area contributed by atoms with Crippen LogP contribution in [0.15, 0.2) is 63.5 Å². The summed E-state index contributed by atoms with van der Waals surface area (Å²) < 4.78 is 47.3. The van der Waals surface area contributed by atoms with Crippen LogP contribution in [0.5, 0.6) is 5.75 Å². The first kappa shape index (κ1) is 24.4. The van der Waals surface area contributed by atoms with Gasteiger partial charge in [-0.05, 0) is 55.2 Å². The molecule has 2 aromatic heterocycles. The van der Waals surface area contributed by atoms with Crippen LogP contribution in [0, 0.1) is 5.92 Å². The third-order valence-corrected chi connectivity index (χ3v) is 6.32. The molecule has 180 valence electrons. The SMILES string of the molecule is O=c1c(Cl)c(NCC2CCCOC2)cnn1-c1ccc(Sc2ccc(OC(F)(F)F)cc2)nc1. The Bertz CT molecular complexity index is 1170. The maximum atomic E-state index is 12.7. The number of nitrogens with one attached hydrogen (secondary N) is 1. The Morgan fingerprint density at radius 3 is 2.65 bits per heavy atom. The number of benzene rings is 1. The number of anilines is 1. The third-order valence-electron chi connectivity index (χ3n) is 5.00. The van der Waals surface area contributed by atoms with Crippen LogP contribution in [0.1, 0.15) is 12.8 Å². The van der Waals surface area contributed by atoms with Gasteiger partial charge in [0.05, 0.1) is 30.4 Å². The first-order chi connectivity index (χ1) is 16.3. The van der Waals surface area contributed by atoms with E-state index in [9.17, 15) is 18.0 Å². The van der Waals surface area contributed by atoms with Crippen LogP contribution in [0.4, 0.5) is 18.9 Å². The maximum Gasteiger partial charge on any atom is 0.573 e. The van der Waals surface area contributed by atoms with Gasteiger partial charge >= 0.3 is 6.36 Å². The molecule has 12 heteroatoms. The second kappa shape index (κ2) is 10.7. The van der Waals surface area contributed by atoms with Crippen molar-refractivity contribution in [1.82, 2.24) is 14.8 Å². The zero-order chi connectivity index (χ0) is 24.1. The van der Waals surface area contributed by atoms with Gasteiger partial charge in [0.2, 0.25) is 0 Å². The highest BCUT2D eigenvalue weighted by Gasteiger charge is 2.31. The van der Waals surface area contributed by atoms with Crippen molar-refractivity contribution in [3.63, 3.8) is 0 Å². The number of pyridine rings is 1. The molecule has 3 heterocycles. The summed E-state index contributed by atoms with van der Waals surface area (Å²) in [4.78, 5) is 17.7. The molecule has 7 nitrogen and oxygen atoms in total. The molecule has 3 aromatic rings. The van der Waals surface area contributed by atoms with Gasteiger partial charge in [0.25, 0.3) is 5.56 Å². The number of hydrogen-bond donors (Lipinski definition) is 1. The summed E-state index contributed by atoms with van der Waals surface area (Å²) >= 11 is 7.53. The van der Waals surface area contributed by atoms with Crippen molar-refractivity contribution in [2.75, 3.05) is 25.1 Å². The Kier molecular flexibility index (Phi) is 7.64. The minimum atomic E-state index is -4.74. The summed E-state index contributed by atoms with van der Waals surface area (Å²) in [6.07, 6.45) is 0.302. The highest BCUT2D eigenvalue weighted by Crippen LogP contribution is 2.30. The largest absolute Gasteiger partial charge is 0.573 e. The van der Waals surface area contributed by atoms with E-state index in [1.807, 2.05) is 0 Å². The Morgan fingerprint density at radius 2 is 2.00 bits per heavy atom. The molecule has 0 bridgehead atoms. The van der Waals surface area contributed by atoms with Gasteiger partial charge in [-0.1, -0.05) is 23.4 Å². The first-order valence-electron chi connectivity index (χ1n) is 10.4. The number of hydrogen-bond acceptors (Lipinski definition) is 7. The van der Waals surface area contributed by atoms with E-state index >= 15 is 0 Å². The number of aromatic nitrogens is 3. The molecule has 1 aliphatic rings. The number of halogens is 4. The number of ether oxygens (including phenoxy) is 2. The molecule has 0 amide bonds. The van der Waals surface area contributed by atoms with Crippen LogP contribution < -0.4 is 15.6 Å². The van der Waals surface area contributed by atoms with Gasteiger partial charge in [-0.3, -0.25) is 4.79 Å². The van der Waals surface area contributed by atoms with E-state index in [0.29, 0.717) is 40.4 Å². The molecule has 1 aromatic carbocycles. The Morgan fingerprint density at radius 1 is 1.21 bits per heavy atom. The standard InChI is InChI=1S/C22H20ClF3N4O3S/c23-20-18(27-10-14-2-1-9-32-13-14)12-29-30(21(20)31)15-3-8-19(28-11-15)34-17-6-4-16(5-7-17)33-22(24,25)26/h3-8,11-12,14,27H,1-2,9-10,13H2. The third kappa shape index (κ3) is 6.43. The van der Waals surface area contributed by atoms with Gasteiger partial charge in [-0.25, -0.2) is 4.98 Å². The van der Waals surface area contributed by atoms with Gasteiger partial charge in [-0.2, -0.15) is 9.78 Å². The van der Waals surface area contributed by atoms with Crippen molar-refractivity contribution in [2.24, 2.45) is 5.92 Å². The van der Waals surface area contributed by atoms with E-state index in [1.54, 1.807) is 12.1 Å². The fourth-order valence-electron chi connectivity index (χ4n) is 3.35. The molecule has 0 radical (unpaired) electrons. The van der Waals surface area contributed by atoms with E-state index < -0.39 is 11.9 Å². The van der Waals surface area contributed by atoms with Crippen molar-refractivity contribution < 1.29 is 22.6 Å². The topological polar surface area (TPSA) is 78.3 Å². The van der Waals surface area contributed by atoms with Crippen LogP contribution in [0.3, 0.4) is 0 Å². The van der Waals surface area contributed by atoms with Crippen LogP contribution in [-0.2, 0) is 4.74 Å². The van der Waals surface area contributed by atoms with Crippen molar-refractivity contribution in [1.29, 1.82) is 0 Å². The number of rotatable bonds is 7. The monoisotopic (exact) mass is 512 g/mol. The normalized spacial score (nSPS) is 16.3. The van der Waals surface area contributed by atoms with Crippen molar-refractivity contribution in [3.8, 4) is 11.4 Å². The lowest BCUT2D eigenvalue weighted by molar-refractivity contribution is -0.274. The molecule has 1 atom stereocenters. The van der Waals surface area contributed by atoms with Crippen LogP contribution in [-0.4, -0.2) is 40.9 Å². The fourth-order valence-corrected chi connectivity index (χ4v) is 4.30. The van der Waals surface area contributed by atoms with Gasteiger partial charge < -0.3 is 14.8 Å². The van der Waals surface area contributed by atoms with Crippen molar-refractivity contribution in [3.05, 3.63) is 64.2 Å².